The van der Waals surface area contributed by atoms with Crippen molar-refractivity contribution < 1.29 is 18.7 Å². The lowest BCUT2D eigenvalue weighted by Gasteiger charge is -2.46. The second-order valence-corrected chi connectivity index (χ2v) is 11.6. The van der Waals surface area contributed by atoms with E-state index in [-0.39, 0.29) is 16.4 Å². The molecular formula is C21H22N2O4S2. The number of nitrogens with two attached hydrogens (primary N) is 1. The lowest BCUT2D eigenvalue weighted by Crippen LogP contribution is -2.28. The van der Waals surface area contributed by atoms with Crippen LogP contribution < -0.4 is 5.73 Å². The van der Waals surface area contributed by atoms with Gasteiger partial charge in [-0.1, -0.05) is 0 Å². The van der Waals surface area contributed by atoms with E-state index in [0.717, 1.165) is 54.0 Å². The molecule has 2 fully saturated rings. The van der Waals surface area contributed by atoms with Crippen LogP contribution in [0.15, 0.2) is 29.8 Å². The van der Waals surface area contributed by atoms with Crippen molar-refractivity contribution in [2.45, 2.75) is 42.1 Å². The van der Waals surface area contributed by atoms with E-state index >= 15 is 0 Å². The Morgan fingerprint density at radius 1 is 1.17 bits per heavy atom. The van der Waals surface area contributed by atoms with Crippen molar-refractivity contribution in [3.8, 4) is 11.1 Å². The van der Waals surface area contributed by atoms with Crippen molar-refractivity contribution in [2.75, 3.05) is 0 Å². The minimum atomic E-state index is -2.50. The van der Waals surface area contributed by atoms with E-state index in [1.54, 1.807) is 6.07 Å². The standard InChI is InChI=1S/C21H22N2O4S2/c22-21(25)18-7-11(13-3-14(9-24)28-10-13)6-17-19(8-23-20(17)18)12-4-15-1-2-16(5-12)29(15,26)27/h3,6-10,12,15-16,23,26-27H,1-2,4-5H2,(H2,22,25)/t12?,15-,16+. The number of hydrogen-bond acceptors (Lipinski definition) is 5. The first kappa shape index (κ1) is 18.9. The number of amides is 1. The third kappa shape index (κ3) is 2.93. The average Bonchev–Trinajstić information content (AvgIpc) is 3.35. The molecule has 2 saturated heterocycles. The number of primary amides is 1. The molecule has 3 atom stereocenters. The summed E-state index contributed by atoms with van der Waals surface area (Å²) < 4.78 is 21.0. The number of thiophene rings is 1. The number of aromatic amines is 1. The van der Waals surface area contributed by atoms with E-state index < -0.39 is 16.5 Å². The van der Waals surface area contributed by atoms with E-state index in [0.29, 0.717) is 16.0 Å². The topological polar surface area (TPSA) is 116 Å². The van der Waals surface area contributed by atoms with Gasteiger partial charge < -0.3 is 10.7 Å². The van der Waals surface area contributed by atoms with Crippen LogP contribution in [0.1, 0.15) is 57.2 Å². The van der Waals surface area contributed by atoms with Gasteiger partial charge in [-0.05, 0) is 71.9 Å². The summed E-state index contributed by atoms with van der Waals surface area (Å²) in [5.74, 6) is -0.292. The Morgan fingerprint density at radius 3 is 2.52 bits per heavy atom. The zero-order valence-electron chi connectivity index (χ0n) is 15.6. The molecule has 6 nitrogen and oxygen atoms in total. The minimum absolute atomic E-state index is 0.0398. The van der Waals surface area contributed by atoms with E-state index in [2.05, 4.69) is 4.98 Å². The molecule has 2 aliphatic rings. The highest BCUT2D eigenvalue weighted by Crippen LogP contribution is 2.66. The van der Waals surface area contributed by atoms with Gasteiger partial charge in [0.15, 0.2) is 6.29 Å². The summed E-state index contributed by atoms with van der Waals surface area (Å²) >= 11 is 1.36. The summed E-state index contributed by atoms with van der Waals surface area (Å²) in [6.45, 7) is 0. The quantitative estimate of drug-likeness (QED) is 0.437. The summed E-state index contributed by atoms with van der Waals surface area (Å²) in [6.07, 6.45) is 5.98. The van der Waals surface area contributed by atoms with Gasteiger partial charge in [0, 0.05) is 22.1 Å². The predicted octanol–water partition coefficient (Wildman–Crippen LogP) is 4.97. The number of fused-ring (bicyclic) bond motifs is 3. The first-order valence-electron chi connectivity index (χ1n) is 9.63. The number of carbonyl (C=O) groups excluding carboxylic acids is 2. The molecule has 5 rings (SSSR count). The smallest absolute Gasteiger partial charge is 0.250 e. The number of rotatable bonds is 4. The molecule has 0 radical (unpaired) electrons. The SMILES string of the molecule is NC(=O)c1cc(-c2csc(C=O)c2)cc2c(C3C[C@H]4CC[C@@H](C3)S4(O)O)c[nH]c12. The summed E-state index contributed by atoms with van der Waals surface area (Å²) in [4.78, 5) is 27.1. The van der Waals surface area contributed by atoms with E-state index in [1.807, 2.05) is 23.7 Å². The van der Waals surface area contributed by atoms with Crippen molar-refractivity contribution in [1.29, 1.82) is 0 Å². The number of carbonyl (C=O) groups is 2. The Labute approximate surface area is 173 Å². The Kier molecular flexibility index (Phi) is 4.36. The fourth-order valence-electron chi connectivity index (χ4n) is 5.01. The zero-order valence-corrected chi connectivity index (χ0v) is 17.3. The van der Waals surface area contributed by atoms with Crippen LogP contribution >= 0.6 is 21.9 Å². The molecule has 0 saturated carbocycles. The van der Waals surface area contributed by atoms with Gasteiger partial charge in [-0.3, -0.25) is 18.7 Å². The summed E-state index contributed by atoms with van der Waals surface area (Å²) in [6, 6.07) is 5.62. The number of hydrogen-bond donors (Lipinski definition) is 4. The normalized spacial score (nSPS) is 26.5. The van der Waals surface area contributed by atoms with Crippen LogP contribution in [-0.2, 0) is 0 Å². The van der Waals surface area contributed by atoms with Crippen molar-refractivity contribution in [2.24, 2.45) is 5.73 Å². The van der Waals surface area contributed by atoms with Crippen LogP contribution in [0.5, 0.6) is 0 Å². The molecule has 0 spiro atoms. The molecule has 0 aliphatic carbocycles. The van der Waals surface area contributed by atoms with E-state index in [4.69, 9.17) is 5.73 Å². The lowest BCUT2D eigenvalue weighted by atomic mass is 9.89. The monoisotopic (exact) mass is 430 g/mol. The highest BCUT2D eigenvalue weighted by Gasteiger charge is 2.47. The number of H-pyrrole nitrogens is 1. The van der Waals surface area contributed by atoms with Crippen molar-refractivity contribution in [3.63, 3.8) is 0 Å². The maximum atomic E-state index is 12.1. The van der Waals surface area contributed by atoms with Crippen molar-refractivity contribution in [1.82, 2.24) is 4.98 Å². The van der Waals surface area contributed by atoms with Gasteiger partial charge in [-0.15, -0.1) is 11.3 Å². The number of nitrogens with one attached hydrogen (secondary N) is 1. The van der Waals surface area contributed by atoms with Gasteiger partial charge >= 0.3 is 0 Å². The second-order valence-electron chi connectivity index (χ2n) is 8.04. The highest BCUT2D eigenvalue weighted by atomic mass is 32.3. The van der Waals surface area contributed by atoms with Crippen LogP contribution in [0.4, 0.5) is 0 Å². The molecule has 1 amide bonds. The Bertz CT molecular complexity index is 1120. The van der Waals surface area contributed by atoms with Gasteiger partial charge in [0.25, 0.3) is 5.91 Å². The lowest BCUT2D eigenvalue weighted by molar-refractivity contribution is 0.100. The van der Waals surface area contributed by atoms with Crippen LogP contribution in [0, 0.1) is 0 Å². The summed E-state index contributed by atoms with van der Waals surface area (Å²) in [5, 5.41) is 2.76. The largest absolute Gasteiger partial charge is 0.366 e. The van der Waals surface area contributed by atoms with Gasteiger partial charge in [-0.25, -0.2) is 0 Å². The molecule has 2 bridgehead atoms. The Balaban J connectivity index is 1.62. The summed E-state index contributed by atoms with van der Waals surface area (Å²) in [5.41, 5.74) is 9.62. The zero-order chi connectivity index (χ0) is 20.3. The highest BCUT2D eigenvalue weighted by molar-refractivity contribution is 8.25. The van der Waals surface area contributed by atoms with Crippen LogP contribution in [0.25, 0.3) is 22.0 Å². The first-order valence-corrected chi connectivity index (χ1v) is 12.2. The van der Waals surface area contributed by atoms with Crippen molar-refractivity contribution >= 4 is 45.0 Å². The minimum Gasteiger partial charge on any atom is -0.366 e. The molecule has 1 aromatic carbocycles. The number of benzene rings is 1. The van der Waals surface area contributed by atoms with Crippen LogP contribution in [0.3, 0.4) is 0 Å². The molecule has 2 aliphatic heterocycles. The predicted molar refractivity (Wildman–Crippen MR) is 117 cm³/mol. The third-order valence-corrected chi connectivity index (χ3v) is 10.2. The fourth-order valence-corrected chi connectivity index (χ4v) is 8.27. The van der Waals surface area contributed by atoms with E-state index in [1.165, 1.54) is 11.3 Å². The third-order valence-electron chi connectivity index (χ3n) is 6.48. The van der Waals surface area contributed by atoms with Gasteiger partial charge in [0.1, 0.15) is 0 Å². The fraction of sp³-hybridized carbons (Fsp3) is 0.333. The maximum absolute atomic E-state index is 12.1. The molecule has 4 heterocycles. The number of aldehydes is 1. The molecule has 5 N–H and O–H groups in total. The average molecular weight is 431 g/mol. The number of aromatic nitrogens is 1. The maximum Gasteiger partial charge on any atom is 0.250 e. The molecule has 152 valence electrons. The molecule has 1 unspecified atom stereocenters. The molecule has 29 heavy (non-hydrogen) atoms. The van der Waals surface area contributed by atoms with Crippen LogP contribution in [0.2, 0.25) is 0 Å². The van der Waals surface area contributed by atoms with Gasteiger partial charge in [0.2, 0.25) is 0 Å². The second kappa shape index (κ2) is 6.70. The molecule has 2 aromatic heterocycles. The van der Waals surface area contributed by atoms with E-state index in [9.17, 15) is 18.7 Å². The van der Waals surface area contributed by atoms with Crippen LogP contribution in [-0.4, -0.2) is 36.8 Å². The van der Waals surface area contributed by atoms with Gasteiger partial charge in [-0.2, -0.15) is 10.6 Å². The summed E-state index contributed by atoms with van der Waals surface area (Å²) in [7, 11) is -2.50. The first-order chi connectivity index (χ1) is 13.9. The molecular weight excluding hydrogens is 408 g/mol. The molecule has 8 heteroatoms. The van der Waals surface area contributed by atoms with Crippen molar-refractivity contribution in [3.05, 3.63) is 45.8 Å². The Hall–Kier alpha value is -2.13. The molecule has 3 aromatic rings. The van der Waals surface area contributed by atoms with Gasteiger partial charge in [0.05, 0.1) is 16.0 Å². The Morgan fingerprint density at radius 2 is 1.90 bits per heavy atom.